The van der Waals surface area contributed by atoms with Crippen LogP contribution in [0.25, 0.3) is 0 Å². The van der Waals surface area contributed by atoms with E-state index in [1.807, 2.05) is 0 Å². The molecule has 2 N–H and O–H groups in total. The third-order valence-corrected chi connectivity index (χ3v) is 4.35. The Bertz CT molecular complexity index is 1200. The van der Waals surface area contributed by atoms with Crippen molar-refractivity contribution in [3.63, 3.8) is 0 Å². The van der Waals surface area contributed by atoms with Gasteiger partial charge in [-0.1, -0.05) is 0 Å². The first-order valence-electron chi connectivity index (χ1n) is 9.75. The number of hydrogen-bond acceptors (Lipinski definition) is 9. The zero-order valence-corrected chi connectivity index (χ0v) is 18.5. The van der Waals surface area contributed by atoms with Gasteiger partial charge in [0.1, 0.15) is 11.5 Å². The van der Waals surface area contributed by atoms with E-state index >= 15 is 0 Å². The number of furan rings is 1. The lowest BCUT2D eigenvalue weighted by Crippen LogP contribution is -2.32. The minimum absolute atomic E-state index is 0.0419. The van der Waals surface area contributed by atoms with E-state index in [1.165, 1.54) is 58.1 Å². The number of hydrazone groups is 1. The molecule has 0 aliphatic rings. The van der Waals surface area contributed by atoms with Crippen molar-refractivity contribution in [1.29, 1.82) is 0 Å². The van der Waals surface area contributed by atoms with Crippen LogP contribution in [-0.2, 0) is 9.59 Å². The molecule has 0 bridgehead atoms. The average Bonchev–Trinajstić information content (AvgIpc) is 3.40. The Hall–Kier alpha value is -4.80. The van der Waals surface area contributed by atoms with E-state index < -0.39 is 17.8 Å². The van der Waals surface area contributed by atoms with E-state index in [1.54, 1.807) is 24.3 Å². The number of methoxy groups -OCH3 is 3. The Morgan fingerprint density at radius 2 is 1.65 bits per heavy atom. The van der Waals surface area contributed by atoms with E-state index in [9.17, 15) is 14.4 Å². The van der Waals surface area contributed by atoms with Gasteiger partial charge < -0.3 is 28.7 Å². The van der Waals surface area contributed by atoms with Crippen LogP contribution in [0.2, 0.25) is 0 Å². The molecule has 176 valence electrons. The van der Waals surface area contributed by atoms with Crippen LogP contribution in [0.4, 0.5) is 5.69 Å². The number of ether oxygens (including phenoxy) is 4. The summed E-state index contributed by atoms with van der Waals surface area (Å²) in [5, 5.41) is 6.20. The zero-order valence-electron chi connectivity index (χ0n) is 18.5. The lowest BCUT2D eigenvalue weighted by molar-refractivity contribution is -0.136. The van der Waals surface area contributed by atoms with E-state index in [2.05, 4.69) is 15.8 Å². The molecule has 0 saturated heterocycles. The minimum Gasteiger partial charge on any atom is -0.497 e. The predicted octanol–water partition coefficient (Wildman–Crippen LogP) is 2.61. The zero-order chi connectivity index (χ0) is 24.5. The molecule has 0 saturated carbocycles. The smallest absolute Gasteiger partial charge is 0.379 e. The number of esters is 1. The summed E-state index contributed by atoms with van der Waals surface area (Å²) in [4.78, 5) is 36.3. The first kappa shape index (κ1) is 23.9. The number of amides is 2. The SMILES string of the molecule is COc1ccc(OC)c(NC(=O)C(=O)NN=Cc2ccc(OC(=O)c3ccco3)c(OC)c2)c1. The largest absolute Gasteiger partial charge is 0.497 e. The molecule has 0 aliphatic carbocycles. The molecule has 0 unspecified atom stereocenters. The summed E-state index contributed by atoms with van der Waals surface area (Å²) < 4.78 is 25.8. The van der Waals surface area contributed by atoms with Crippen LogP contribution < -0.4 is 29.7 Å². The molecule has 0 radical (unpaired) electrons. The van der Waals surface area contributed by atoms with Crippen LogP contribution in [0.5, 0.6) is 23.0 Å². The first-order valence-corrected chi connectivity index (χ1v) is 9.75. The van der Waals surface area contributed by atoms with Crippen LogP contribution in [0, 0.1) is 0 Å². The number of carbonyl (C=O) groups is 3. The molecule has 3 rings (SSSR count). The van der Waals surface area contributed by atoms with Crippen molar-refractivity contribution in [1.82, 2.24) is 5.43 Å². The minimum atomic E-state index is -1.00. The molecular formula is C23H21N3O8. The highest BCUT2D eigenvalue weighted by atomic mass is 16.6. The van der Waals surface area contributed by atoms with Gasteiger partial charge in [-0.3, -0.25) is 9.59 Å². The molecule has 3 aromatic rings. The topological polar surface area (TPSA) is 138 Å². The molecule has 0 atom stereocenters. The van der Waals surface area contributed by atoms with E-state index in [0.717, 1.165) is 0 Å². The second kappa shape index (κ2) is 11.2. The molecule has 11 nitrogen and oxygen atoms in total. The molecule has 2 aromatic carbocycles. The molecule has 34 heavy (non-hydrogen) atoms. The van der Waals surface area contributed by atoms with Crippen LogP contribution >= 0.6 is 0 Å². The van der Waals surface area contributed by atoms with Gasteiger partial charge in [0.05, 0.1) is 39.5 Å². The van der Waals surface area contributed by atoms with E-state index in [0.29, 0.717) is 17.1 Å². The van der Waals surface area contributed by atoms with Gasteiger partial charge in [0.15, 0.2) is 11.5 Å². The van der Waals surface area contributed by atoms with Gasteiger partial charge in [0.25, 0.3) is 0 Å². The molecular weight excluding hydrogens is 446 g/mol. The summed E-state index contributed by atoms with van der Waals surface area (Å²) in [5.74, 6) is -1.36. The maximum Gasteiger partial charge on any atom is 0.379 e. The maximum atomic E-state index is 12.2. The molecule has 2 amide bonds. The van der Waals surface area contributed by atoms with Crippen LogP contribution in [0.3, 0.4) is 0 Å². The summed E-state index contributed by atoms with van der Waals surface area (Å²) >= 11 is 0. The van der Waals surface area contributed by atoms with E-state index in [4.69, 9.17) is 23.4 Å². The van der Waals surface area contributed by atoms with Gasteiger partial charge in [-0.2, -0.15) is 5.10 Å². The Kier molecular flexibility index (Phi) is 7.84. The standard InChI is InChI=1S/C23H21N3O8/c1-30-15-7-9-17(31-2)16(12-15)25-21(27)22(28)26-24-13-14-6-8-18(20(11-14)32-3)34-23(29)19-5-4-10-33-19/h4-13H,1-3H3,(H,25,27)(H,26,28). The van der Waals surface area contributed by atoms with Crippen molar-refractivity contribution >= 4 is 29.7 Å². The van der Waals surface area contributed by atoms with Crippen molar-refractivity contribution in [2.45, 2.75) is 0 Å². The summed E-state index contributed by atoms with van der Waals surface area (Å²) in [6.07, 6.45) is 2.65. The third-order valence-electron chi connectivity index (χ3n) is 4.35. The lowest BCUT2D eigenvalue weighted by Gasteiger charge is -2.11. The van der Waals surface area contributed by atoms with Crippen molar-refractivity contribution in [3.05, 3.63) is 66.1 Å². The number of rotatable bonds is 8. The number of benzene rings is 2. The number of carbonyl (C=O) groups excluding carboxylic acids is 3. The third kappa shape index (κ3) is 5.91. The Balaban J connectivity index is 1.61. The highest BCUT2D eigenvalue weighted by Crippen LogP contribution is 2.29. The second-order valence-corrected chi connectivity index (χ2v) is 6.50. The molecule has 0 spiro atoms. The highest BCUT2D eigenvalue weighted by molar-refractivity contribution is 6.39. The second-order valence-electron chi connectivity index (χ2n) is 6.50. The van der Waals surface area contributed by atoms with Gasteiger partial charge >= 0.3 is 17.8 Å². The van der Waals surface area contributed by atoms with Crippen molar-refractivity contribution in [2.24, 2.45) is 5.10 Å². The summed E-state index contributed by atoms with van der Waals surface area (Å²) in [7, 11) is 4.30. The number of nitrogens with zero attached hydrogens (tertiary/aromatic N) is 1. The molecule has 1 heterocycles. The molecule has 0 aliphatic heterocycles. The van der Waals surface area contributed by atoms with Gasteiger partial charge in [0.2, 0.25) is 5.76 Å². The molecule has 1 aromatic heterocycles. The summed E-state index contributed by atoms with van der Waals surface area (Å²) in [6.45, 7) is 0. The number of hydrogen-bond donors (Lipinski definition) is 2. The Labute approximate surface area is 194 Å². The average molecular weight is 467 g/mol. The lowest BCUT2D eigenvalue weighted by atomic mass is 10.2. The first-order chi connectivity index (χ1) is 16.4. The van der Waals surface area contributed by atoms with Gasteiger partial charge in [-0.25, -0.2) is 10.2 Å². The fourth-order valence-corrected chi connectivity index (χ4v) is 2.70. The van der Waals surface area contributed by atoms with Crippen molar-refractivity contribution in [3.8, 4) is 23.0 Å². The van der Waals surface area contributed by atoms with E-state index in [-0.39, 0.29) is 22.9 Å². The van der Waals surface area contributed by atoms with Crippen LogP contribution in [0.1, 0.15) is 16.1 Å². The fourth-order valence-electron chi connectivity index (χ4n) is 2.70. The fraction of sp³-hybridized carbons (Fsp3) is 0.130. The van der Waals surface area contributed by atoms with Gasteiger partial charge in [-0.05, 0) is 48.0 Å². The van der Waals surface area contributed by atoms with Crippen molar-refractivity contribution in [2.75, 3.05) is 26.6 Å². The van der Waals surface area contributed by atoms with Crippen LogP contribution in [0.15, 0.2) is 64.3 Å². The summed E-state index contributed by atoms with van der Waals surface area (Å²) in [6, 6.07) is 12.4. The maximum absolute atomic E-state index is 12.2. The van der Waals surface area contributed by atoms with Gasteiger partial charge in [0, 0.05) is 6.07 Å². The normalized spacial score (nSPS) is 10.4. The molecule has 11 heteroatoms. The Morgan fingerprint density at radius 3 is 2.32 bits per heavy atom. The molecule has 0 fully saturated rings. The highest BCUT2D eigenvalue weighted by Gasteiger charge is 2.17. The summed E-state index contributed by atoms with van der Waals surface area (Å²) in [5.41, 5.74) is 2.89. The van der Waals surface area contributed by atoms with Gasteiger partial charge in [-0.15, -0.1) is 0 Å². The van der Waals surface area contributed by atoms with Crippen molar-refractivity contribution < 1.29 is 37.7 Å². The quantitative estimate of drug-likeness (QED) is 0.170. The Morgan fingerprint density at radius 1 is 0.882 bits per heavy atom. The number of nitrogens with one attached hydrogen (secondary N) is 2. The monoisotopic (exact) mass is 467 g/mol. The predicted molar refractivity (Wildman–Crippen MR) is 121 cm³/mol. The number of anilines is 1. The van der Waals surface area contributed by atoms with Crippen LogP contribution in [-0.4, -0.2) is 45.3 Å².